The van der Waals surface area contributed by atoms with Gasteiger partial charge in [0.2, 0.25) is 0 Å². The molecule has 88 valence electrons. The highest BCUT2D eigenvalue weighted by Gasteiger charge is 2.24. The van der Waals surface area contributed by atoms with Gasteiger partial charge in [0.1, 0.15) is 0 Å². The third-order valence-corrected chi connectivity index (χ3v) is 3.43. The summed E-state index contributed by atoms with van der Waals surface area (Å²) in [6.45, 7) is 7.92. The largest absolute Gasteiger partial charge is 0.338 e. The lowest BCUT2D eigenvalue weighted by Crippen LogP contribution is -2.46. The second-order valence-corrected chi connectivity index (χ2v) is 5.84. The fourth-order valence-corrected chi connectivity index (χ4v) is 2.62. The third-order valence-electron chi connectivity index (χ3n) is 2.57. The Kier molecular flexibility index (Phi) is 2.88. The number of hydrogen-bond donors (Lipinski definition) is 1. The van der Waals surface area contributed by atoms with Crippen molar-refractivity contribution in [2.45, 2.75) is 32.6 Å². The van der Waals surface area contributed by atoms with Gasteiger partial charge in [-0.3, -0.25) is 4.90 Å². The van der Waals surface area contributed by atoms with Gasteiger partial charge in [-0.05, 0) is 6.42 Å². The molecule has 1 aliphatic rings. The van der Waals surface area contributed by atoms with Gasteiger partial charge < -0.3 is 5.32 Å². The molecule has 0 bridgehead atoms. The van der Waals surface area contributed by atoms with Crippen molar-refractivity contribution in [1.29, 1.82) is 0 Å². The van der Waals surface area contributed by atoms with Gasteiger partial charge >= 0.3 is 6.03 Å². The Morgan fingerprint density at radius 1 is 1.50 bits per heavy atom. The van der Waals surface area contributed by atoms with E-state index in [9.17, 15) is 4.79 Å². The SMILES string of the molecule is CC(C)(C)c1csc(N2CCCNC2=O)n1. The minimum absolute atomic E-state index is 0.0268. The number of carbonyl (C=O) groups excluding carboxylic acids is 1. The smallest absolute Gasteiger partial charge is 0.323 e. The Labute approximate surface area is 99.7 Å². The van der Waals surface area contributed by atoms with Crippen LogP contribution in [0.3, 0.4) is 0 Å². The summed E-state index contributed by atoms with van der Waals surface area (Å²) < 4.78 is 0. The fraction of sp³-hybridized carbons (Fsp3) is 0.636. The van der Waals surface area contributed by atoms with Crippen LogP contribution >= 0.6 is 11.3 Å². The van der Waals surface area contributed by atoms with Gasteiger partial charge in [-0.15, -0.1) is 11.3 Å². The van der Waals surface area contributed by atoms with Gasteiger partial charge in [0.25, 0.3) is 0 Å². The molecule has 2 rings (SSSR count). The average Bonchev–Trinajstić information content (AvgIpc) is 2.66. The number of rotatable bonds is 1. The molecule has 0 atom stereocenters. The van der Waals surface area contributed by atoms with Crippen molar-refractivity contribution in [3.8, 4) is 0 Å². The normalized spacial score (nSPS) is 17.4. The van der Waals surface area contributed by atoms with Crippen LogP contribution < -0.4 is 10.2 Å². The van der Waals surface area contributed by atoms with E-state index >= 15 is 0 Å². The minimum atomic E-state index is -0.0268. The molecule has 1 saturated heterocycles. The van der Waals surface area contributed by atoms with E-state index in [0.29, 0.717) is 0 Å². The molecular weight excluding hydrogens is 222 g/mol. The first-order valence-electron chi connectivity index (χ1n) is 5.50. The number of carbonyl (C=O) groups is 1. The highest BCUT2D eigenvalue weighted by molar-refractivity contribution is 7.14. The summed E-state index contributed by atoms with van der Waals surface area (Å²) in [5, 5.41) is 5.68. The molecule has 1 aromatic heterocycles. The van der Waals surface area contributed by atoms with E-state index in [2.05, 4.69) is 31.1 Å². The lowest BCUT2D eigenvalue weighted by atomic mass is 9.93. The molecule has 2 heterocycles. The Morgan fingerprint density at radius 3 is 2.81 bits per heavy atom. The van der Waals surface area contributed by atoms with E-state index in [1.54, 1.807) is 16.2 Å². The van der Waals surface area contributed by atoms with E-state index in [0.717, 1.165) is 30.3 Å². The molecule has 0 saturated carbocycles. The maximum absolute atomic E-state index is 11.6. The van der Waals surface area contributed by atoms with E-state index in [-0.39, 0.29) is 11.4 Å². The van der Waals surface area contributed by atoms with Crippen molar-refractivity contribution < 1.29 is 4.79 Å². The summed E-state index contributed by atoms with van der Waals surface area (Å²) in [6, 6.07) is -0.0268. The monoisotopic (exact) mass is 239 g/mol. The predicted octanol–water partition coefficient (Wildman–Crippen LogP) is 2.36. The molecule has 0 aromatic carbocycles. The van der Waals surface area contributed by atoms with Crippen molar-refractivity contribution in [3.05, 3.63) is 11.1 Å². The fourth-order valence-electron chi connectivity index (χ4n) is 1.54. The van der Waals surface area contributed by atoms with E-state index in [4.69, 9.17) is 0 Å². The van der Waals surface area contributed by atoms with Crippen molar-refractivity contribution in [2.75, 3.05) is 18.0 Å². The number of anilines is 1. The molecular formula is C11H17N3OS. The zero-order valence-electron chi connectivity index (χ0n) is 9.91. The zero-order valence-corrected chi connectivity index (χ0v) is 10.7. The van der Waals surface area contributed by atoms with Crippen LogP contribution in [0.15, 0.2) is 5.38 Å². The second-order valence-electron chi connectivity index (χ2n) is 5.00. The van der Waals surface area contributed by atoms with E-state index in [1.165, 1.54) is 0 Å². The summed E-state index contributed by atoms with van der Waals surface area (Å²) in [6.07, 6.45) is 0.982. The molecule has 4 nitrogen and oxygen atoms in total. The number of nitrogens with zero attached hydrogens (tertiary/aromatic N) is 2. The summed E-state index contributed by atoms with van der Waals surface area (Å²) in [5.41, 5.74) is 1.09. The van der Waals surface area contributed by atoms with Crippen LogP contribution in [0, 0.1) is 0 Å². The molecule has 0 radical (unpaired) electrons. The summed E-state index contributed by atoms with van der Waals surface area (Å²) in [4.78, 5) is 17.9. The number of hydrogen-bond acceptors (Lipinski definition) is 3. The highest BCUT2D eigenvalue weighted by Crippen LogP contribution is 2.29. The molecule has 1 fully saturated rings. The van der Waals surface area contributed by atoms with Crippen LogP contribution in [-0.2, 0) is 5.41 Å². The molecule has 1 aromatic rings. The Hall–Kier alpha value is -1.10. The highest BCUT2D eigenvalue weighted by atomic mass is 32.1. The number of amides is 2. The summed E-state index contributed by atoms with van der Waals surface area (Å²) in [5.74, 6) is 0. The van der Waals surface area contributed by atoms with Gasteiger partial charge in [0.05, 0.1) is 5.69 Å². The molecule has 0 unspecified atom stereocenters. The molecule has 1 N–H and O–H groups in total. The van der Waals surface area contributed by atoms with Crippen molar-refractivity contribution >= 4 is 22.5 Å². The molecule has 2 amide bonds. The lowest BCUT2D eigenvalue weighted by molar-refractivity contribution is 0.243. The third kappa shape index (κ3) is 2.19. The van der Waals surface area contributed by atoms with Crippen molar-refractivity contribution in [1.82, 2.24) is 10.3 Å². The first kappa shape index (κ1) is 11.4. The zero-order chi connectivity index (χ0) is 11.8. The number of urea groups is 1. The quantitative estimate of drug-likeness (QED) is 0.817. The molecule has 1 aliphatic heterocycles. The van der Waals surface area contributed by atoms with E-state index < -0.39 is 0 Å². The van der Waals surface area contributed by atoms with Gasteiger partial charge in [0.15, 0.2) is 5.13 Å². The number of thiazole rings is 1. The number of aromatic nitrogens is 1. The number of nitrogens with one attached hydrogen (secondary N) is 1. The van der Waals surface area contributed by atoms with Crippen LogP contribution in [-0.4, -0.2) is 24.1 Å². The Balaban J connectivity index is 2.21. The van der Waals surface area contributed by atoms with Gasteiger partial charge in [-0.25, -0.2) is 9.78 Å². The van der Waals surface area contributed by atoms with Gasteiger partial charge in [-0.1, -0.05) is 20.8 Å². The summed E-state index contributed by atoms with van der Waals surface area (Å²) in [7, 11) is 0. The van der Waals surface area contributed by atoms with Crippen LogP contribution in [0.4, 0.5) is 9.93 Å². The maximum atomic E-state index is 11.6. The van der Waals surface area contributed by atoms with Crippen LogP contribution in [0.1, 0.15) is 32.9 Å². The van der Waals surface area contributed by atoms with Crippen molar-refractivity contribution in [3.63, 3.8) is 0 Å². The first-order chi connectivity index (χ1) is 7.48. The van der Waals surface area contributed by atoms with Crippen LogP contribution in [0.5, 0.6) is 0 Å². The van der Waals surface area contributed by atoms with Crippen LogP contribution in [0.2, 0.25) is 0 Å². The van der Waals surface area contributed by atoms with Gasteiger partial charge in [-0.2, -0.15) is 0 Å². The first-order valence-corrected chi connectivity index (χ1v) is 6.38. The Bertz CT molecular complexity index is 394. The maximum Gasteiger partial charge on any atom is 0.323 e. The van der Waals surface area contributed by atoms with Crippen molar-refractivity contribution in [2.24, 2.45) is 0 Å². The van der Waals surface area contributed by atoms with E-state index in [1.807, 2.05) is 5.38 Å². The molecule has 5 heteroatoms. The van der Waals surface area contributed by atoms with Gasteiger partial charge in [0, 0.05) is 23.9 Å². The molecule has 16 heavy (non-hydrogen) atoms. The summed E-state index contributed by atoms with van der Waals surface area (Å²) >= 11 is 1.54. The lowest BCUT2D eigenvalue weighted by Gasteiger charge is -2.25. The topological polar surface area (TPSA) is 45.2 Å². The predicted molar refractivity (Wildman–Crippen MR) is 66.2 cm³/mol. The van der Waals surface area contributed by atoms with Crippen LogP contribution in [0.25, 0.3) is 0 Å². The molecule has 0 aliphatic carbocycles. The standard InChI is InChI=1S/C11H17N3OS/c1-11(2,3)8-7-16-10(13-8)14-6-4-5-12-9(14)15/h7H,4-6H2,1-3H3,(H,12,15). The Morgan fingerprint density at radius 2 is 2.25 bits per heavy atom. The average molecular weight is 239 g/mol. The second kappa shape index (κ2) is 4.05. The minimum Gasteiger partial charge on any atom is -0.338 e. The molecule has 0 spiro atoms.